The molecule has 0 saturated carbocycles. The molecule has 0 aliphatic heterocycles. The molecule has 0 aromatic carbocycles. The second-order valence-electron chi connectivity index (χ2n) is 24.5. The van der Waals surface area contributed by atoms with E-state index >= 15 is 0 Å². The van der Waals surface area contributed by atoms with Crippen LogP contribution in [-0.2, 0) is 18.4 Å². The van der Waals surface area contributed by atoms with Crippen molar-refractivity contribution in [2.45, 2.75) is 353 Å². The molecule has 0 bridgehead atoms. The molecular weight excluding hydrogens is 972 g/mol. The van der Waals surface area contributed by atoms with Crippen molar-refractivity contribution in [2.75, 3.05) is 40.9 Å². The summed E-state index contributed by atoms with van der Waals surface area (Å²) in [6, 6.07) is -0.908. The van der Waals surface area contributed by atoms with E-state index in [1.165, 1.54) is 276 Å². The fourth-order valence-corrected chi connectivity index (χ4v) is 11.0. The fourth-order valence-electron chi connectivity index (χ4n) is 10.3. The second kappa shape index (κ2) is 59.3. The van der Waals surface area contributed by atoms with E-state index in [0.29, 0.717) is 17.4 Å². The van der Waals surface area contributed by atoms with Crippen molar-refractivity contribution in [3.63, 3.8) is 0 Å². The van der Waals surface area contributed by atoms with Crippen LogP contribution in [0.4, 0.5) is 0 Å². The van der Waals surface area contributed by atoms with Crippen LogP contribution in [0.1, 0.15) is 341 Å². The average Bonchev–Trinajstić information content (AvgIpc) is 3.39. The summed E-state index contributed by atoms with van der Waals surface area (Å²) in [4.78, 5) is 25.5. The number of quaternary nitrogens is 1. The molecule has 456 valence electrons. The molecule has 3 unspecified atom stereocenters. The lowest BCUT2D eigenvalue weighted by Crippen LogP contribution is -2.45. The molecule has 0 aliphatic carbocycles. The Morgan fingerprint density at radius 2 is 0.727 bits per heavy atom. The topological polar surface area (TPSA) is 108 Å². The van der Waals surface area contributed by atoms with Crippen molar-refractivity contribution >= 4 is 13.7 Å². The molecule has 0 spiro atoms. The van der Waals surface area contributed by atoms with Gasteiger partial charge in [0.15, 0.2) is 0 Å². The highest BCUT2D eigenvalue weighted by Gasteiger charge is 2.23. The van der Waals surface area contributed by atoms with Crippen molar-refractivity contribution in [1.82, 2.24) is 5.32 Å². The Bertz CT molecular complexity index is 1350. The van der Waals surface area contributed by atoms with Crippen molar-refractivity contribution in [3.05, 3.63) is 36.5 Å². The third-order valence-corrected chi connectivity index (χ3v) is 16.5. The lowest BCUT2D eigenvalue weighted by molar-refractivity contribution is -0.870. The van der Waals surface area contributed by atoms with Gasteiger partial charge in [-0.05, 0) is 44.9 Å². The van der Waals surface area contributed by atoms with E-state index in [9.17, 15) is 19.4 Å². The zero-order valence-electron chi connectivity index (χ0n) is 52.2. The van der Waals surface area contributed by atoms with Gasteiger partial charge in [0.2, 0.25) is 5.91 Å². The van der Waals surface area contributed by atoms with Gasteiger partial charge in [0.05, 0.1) is 39.9 Å². The van der Waals surface area contributed by atoms with Crippen LogP contribution in [-0.4, -0.2) is 68.5 Å². The summed E-state index contributed by atoms with van der Waals surface area (Å²) in [5, 5.41) is 13.9. The van der Waals surface area contributed by atoms with Crippen LogP contribution in [0.3, 0.4) is 0 Å². The first-order valence-electron chi connectivity index (χ1n) is 33.9. The van der Waals surface area contributed by atoms with Crippen LogP contribution < -0.4 is 10.2 Å². The summed E-state index contributed by atoms with van der Waals surface area (Å²) in [5.74, 6) is -0.206. The maximum absolute atomic E-state index is 13.0. The Morgan fingerprint density at radius 1 is 0.442 bits per heavy atom. The molecule has 0 saturated heterocycles. The number of carbonyl (C=O) groups excluding carboxylic acids is 1. The summed E-state index contributed by atoms with van der Waals surface area (Å²) in [5.41, 5.74) is 0. The first-order chi connectivity index (χ1) is 37.5. The molecule has 0 aromatic heterocycles. The number of unbranched alkanes of at least 4 members (excludes halogenated alkanes) is 46. The van der Waals surface area contributed by atoms with Gasteiger partial charge in [-0.3, -0.25) is 9.36 Å². The quantitative estimate of drug-likeness (QED) is 0.0272. The average molecular weight is 1110 g/mol. The molecule has 0 aliphatic rings. The highest BCUT2D eigenvalue weighted by atomic mass is 31.2. The van der Waals surface area contributed by atoms with Crippen molar-refractivity contribution in [2.24, 2.45) is 0 Å². The standard InChI is InChI=1S/C68H133N2O6P/c1-6-8-10-12-14-16-18-20-22-23-24-25-26-27-28-29-30-31-32-33-34-35-36-37-38-39-40-41-42-43-44-45-46-48-50-52-54-56-58-60-62-68(72)69-66(65-76-77(73,74)75-64-63-70(3,4)5)67(71)61-59-57-55-53-51-49-47-21-19-17-15-13-11-9-7-2/h19,21,51,53,59,61,66-67,71H,6-18,20,22-50,52,54-58,60,62-65H2,1-5H3,(H-,69,72,73,74)/b21-19+,53-51+,61-59+. The Hall–Kier alpha value is -1.28. The smallest absolute Gasteiger partial charge is 0.268 e. The van der Waals surface area contributed by atoms with Crippen LogP contribution in [0, 0.1) is 0 Å². The predicted octanol–water partition coefficient (Wildman–Crippen LogP) is 20.6. The van der Waals surface area contributed by atoms with Crippen LogP contribution >= 0.6 is 7.82 Å². The van der Waals surface area contributed by atoms with Gasteiger partial charge in [0.25, 0.3) is 7.82 Å². The predicted molar refractivity (Wildman–Crippen MR) is 335 cm³/mol. The Labute approximate surface area is 480 Å². The van der Waals surface area contributed by atoms with E-state index in [2.05, 4.69) is 43.5 Å². The van der Waals surface area contributed by atoms with E-state index in [4.69, 9.17) is 9.05 Å². The number of allylic oxidation sites excluding steroid dienone is 5. The van der Waals surface area contributed by atoms with Gasteiger partial charge in [-0.15, -0.1) is 0 Å². The molecule has 0 aromatic rings. The molecule has 0 heterocycles. The number of aliphatic hydroxyl groups excluding tert-OH is 1. The molecule has 8 nitrogen and oxygen atoms in total. The molecule has 2 N–H and O–H groups in total. The van der Waals surface area contributed by atoms with E-state index in [0.717, 1.165) is 44.9 Å². The van der Waals surface area contributed by atoms with Gasteiger partial charge in [-0.25, -0.2) is 0 Å². The van der Waals surface area contributed by atoms with Crippen molar-refractivity contribution in [3.8, 4) is 0 Å². The van der Waals surface area contributed by atoms with E-state index < -0.39 is 26.6 Å². The van der Waals surface area contributed by atoms with Gasteiger partial charge in [-0.2, -0.15) is 0 Å². The largest absolute Gasteiger partial charge is 0.756 e. The zero-order chi connectivity index (χ0) is 56.3. The van der Waals surface area contributed by atoms with Crippen LogP contribution in [0.15, 0.2) is 36.5 Å². The summed E-state index contributed by atoms with van der Waals surface area (Å²) < 4.78 is 23.3. The van der Waals surface area contributed by atoms with E-state index in [-0.39, 0.29) is 12.5 Å². The minimum Gasteiger partial charge on any atom is -0.756 e. The lowest BCUT2D eigenvalue weighted by Gasteiger charge is -2.29. The van der Waals surface area contributed by atoms with Gasteiger partial charge >= 0.3 is 0 Å². The van der Waals surface area contributed by atoms with E-state index in [1.54, 1.807) is 6.08 Å². The van der Waals surface area contributed by atoms with E-state index in [1.807, 2.05) is 27.2 Å². The van der Waals surface area contributed by atoms with Crippen LogP contribution in [0.2, 0.25) is 0 Å². The summed E-state index contributed by atoms with van der Waals surface area (Å²) in [6.07, 6.45) is 78.7. The molecule has 0 radical (unpaired) electrons. The number of hydrogen-bond acceptors (Lipinski definition) is 6. The number of likely N-dealkylation sites (N-methyl/N-ethyl adjacent to an activating group) is 1. The molecule has 0 fully saturated rings. The van der Waals surface area contributed by atoms with Gasteiger partial charge in [0, 0.05) is 6.42 Å². The van der Waals surface area contributed by atoms with Gasteiger partial charge in [0.1, 0.15) is 13.2 Å². The monoisotopic (exact) mass is 1100 g/mol. The minimum atomic E-state index is -4.61. The normalized spacial score (nSPS) is 13.9. The minimum absolute atomic E-state index is 0.00745. The Balaban J connectivity index is 3.87. The van der Waals surface area contributed by atoms with Gasteiger partial charge < -0.3 is 28.8 Å². The maximum Gasteiger partial charge on any atom is 0.268 e. The highest BCUT2D eigenvalue weighted by Crippen LogP contribution is 2.38. The Morgan fingerprint density at radius 3 is 1.05 bits per heavy atom. The second-order valence-corrected chi connectivity index (χ2v) is 25.9. The summed E-state index contributed by atoms with van der Waals surface area (Å²) in [7, 11) is 1.25. The molecule has 77 heavy (non-hydrogen) atoms. The van der Waals surface area contributed by atoms with Crippen molar-refractivity contribution in [1.29, 1.82) is 0 Å². The number of aliphatic hydroxyl groups is 1. The number of hydrogen-bond donors (Lipinski definition) is 2. The lowest BCUT2D eigenvalue weighted by atomic mass is 10.0. The Kier molecular flexibility index (Phi) is 58.4. The van der Waals surface area contributed by atoms with Crippen LogP contribution in [0.25, 0.3) is 0 Å². The van der Waals surface area contributed by atoms with Crippen LogP contribution in [0.5, 0.6) is 0 Å². The van der Waals surface area contributed by atoms with Gasteiger partial charge in [-0.1, -0.05) is 326 Å². The number of phosphoric ester groups is 1. The molecule has 9 heteroatoms. The number of nitrogens with zero attached hydrogens (tertiary/aromatic N) is 1. The molecule has 1 amide bonds. The zero-order valence-corrected chi connectivity index (χ0v) is 53.1. The number of amides is 1. The molecule has 0 rings (SSSR count). The number of phosphoric acid groups is 1. The first kappa shape index (κ1) is 75.7. The first-order valence-corrected chi connectivity index (χ1v) is 35.3. The van der Waals surface area contributed by atoms with Crippen molar-refractivity contribution < 1.29 is 32.9 Å². The third kappa shape index (κ3) is 62.2. The summed E-state index contributed by atoms with van der Waals surface area (Å²) in [6.45, 7) is 4.64. The number of rotatable bonds is 63. The summed E-state index contributed by atoms with van der Waals surface area (Å²) >= 11 is 0. The molecular formula is C68H133N2O6P. The highest BCUT2D eigenvalue weighted by molar-refractivity contribution is 7.45. The molecule has 3 atom stereocenters. The number of carbonyl (C=O) groups is 1. The SMILES string of the molecule is CCCCCCC/C=C/CC/C=C/CC/C=C/C(O)C(COP(=O)([O-])OCC[N+](C)(C)C)NC(=O)CCCCCCCCCCCCCCCCCCCCCCCCCCCCCCCCCCCCCCCCCC. The third-order valence-electron chi connectivity index (χ3n) is 15.6. The fraction of sp³-hybridized carbons (Fsp3) is 0.897. The number of nitrogens with one attached hydrogen (secondary N) is 1. The maximum atomic E-state index is 13.0.